The van der Waals surface area contributed by atoms with Gasteiger partial charge in [0.25, 0.3) is 0 Å². The Hall–Kier alpha value is -0.580. The first-order valence-corrected chi connectivity index (χ1v) is 7.50. The highest BCUT2D eigenvalue weighted by Crippen LogP contribution is 2.46. The molecule has 0 spiro atoms. The van der Waals surface area contributed by atoms with Crippen LogP contribution in [0.5, 0.6) is 11.5 Å². The third-order valence-corrected chi connectivity index (χ3v) is 5.09. The molecule has 2 unspecified atom stereocenters. The lowest BCUT2D eigenvalue weighted by molar-refractivity contribution is 0.397. The predicted octanol–water partition coefficient (Wildman–Crippen LogP) is 3.37. The SMILES string of the molecule is CCCCC1Cc2c(ccc(O)c2O)C(CN)S1.Cl. The fourth-order valence-corrected chi connectivity index (χ4v) is 4.03. The summed E-state index contributed by atoms with van der Waals surface area (Å²) in [5, 5.41) is 20.3. The minimum absolute atomic E-state index is 0. The maximum atomic E-state index is 10.00. The van der Waals surface area contributed by atoms with Gasteiger partial charge in [0.2, 0.25) is 0 Å². The summed E-state index contributed by atoms with van der Waals surface area (Å²) in [5.41, 5.74) is 7.81. The number of fused-ring (bicyclic) bond motifs is 1. The van der Waals surface area contributed by atoms with E-state index in [-0.39, 0.29) is 29.2 Å². The zero-order valence-corrected chi connectivity index (χ0v) is 12.8. The number of hydrogen-bond donors (Lipinski definition) is 3. The zero-order chi connectivity index (χ0) is 13.1. The Morgan fingerprint density at radius 3 is 2.74 bits per heavy atom. The molecule has 0 saturated carbocycles. The van der Waals surface area contributed by atoms with Gasteiger partial charge in [0, 0.05) is 22.6 Å². The van der Waals surface area contributed by atoms with Crippen molar-refractivity contribution in [2.24, 2.45) is 5.73 Å². The summed E-state index contributed by atoms with van der Waals surface area (Å²) in [5.74, 6) is 0.0263. The van der Waals surface area contributed by atoms with Gasteiger partial charge >= 0.3 is 0 Å². The third-order valence-electron chi connectivity index (χ3n) is 3.53. The monoisotopic (exact) mass is 303 g/mol. The molecule has 0 fully saturated rings. The molecule has 19 heavy (non-hydrogen) atoms. The number of unbranched alkanes of at least 4 members (excludes halogenated alkanes) is 1. The van der Waals surface area contributed by atoms with Crippen LogP contribution in [-0.2, 0) is 6.42 Å². The van der Waals surface area contributed by atoms with E-state index < -0.39 is 0 Å². The Kier molecular flexibility index (Phi) is 6.30. The minimum atomic E-state index is -0.0225. The molecule has 0 aromatic heterocycles. The molecule has 0 amide bonds. The van der Waals surface area contributed by atoms with E-state index in [1.165, 1.54) is 12.8 Å². The van der Waals surface area contributed by atoms with Crippen LogP contribution in [0.2, 0.25) is 0 Å². The Balaban J connectivity index is 0.00000180. The molecule has 2 atom stereocenters. The molecular weight excluding hydrogens is 282 g/mol. The van der Waals surface area contributed by atoms with Crippen LogP contribution in [0.3, 0.4) is 0 Å². The standard InChI is InChI=1S/C14H21NO2S.ClH/c1-2-3-4-9-7-11-10(13(8-15)18-9)5-6-12(16)14(11)17;/h5-6,9,13,16-17H,2-4,7-8,15H2,1H3;1H. The van der Waals surface area contributed by atoms with Gasteiger partial charge in [-0.25, -0.2) is 0 Å². The first-order valence-electron chi connectivity index (χ1n) is 6.56. The fourth-order valence-electron chi connectivity index (χ4n) is 2.52. The molecule has 1 aliphatic heterocycles. The Labute approximate surface area is 125 Å². The number of aromatic hydroxyl groups is 2. The lowest BCUT2D eigenvalue weighted by atomic mass is 9.96. The van der Waals surface area contributed by atoms with Gasteiger partial charge in [-0.1, -0.05) is 25.8 Å². The van der Waals surface area contributed by atoms with Gasteiger partial charge in [0.05, 0.1) is 0 Å². The number of benzene rings is 1. The normalized spacial score (nSPS) is 21.6. The number of rotatable bonds is 4. The van der Waals surface area contributed by atoms with Crippen molar-refractivity contribution in [2.45, 2.75) is 43.1 Å². The number of hydrogen-bond acceptors (Lipinski definition) is 4. The van der Waals surface area contributed by atoms with E-state index in [0.29, 0.717) is 11.8 Å². The lowest BCUT2D eigenvalue weighted by Crippen LogP contribution is -2.22. The van der Waals surface area contributed by atoms with Crippen LogP contribution in [-0.4, -0.2) is 22.0 Å². The van der Waals surface area contributed by atoms with Crippen LogP contribution in [0.4, 0.5) is 0 Å². The average Bonchev–Trinajstić information content (AvgIpc) is 2.40. The highest BCUT2D eigenvalue weighted by atomic mass is 35.5. The Morgan fingerprint density at radius 1 is 1.37 bits per heavy atom. The smallest absolute Gasteiger partial charge is 0.161 e. The summed E-state index contributed by atoms with van der Waals surface area (Å²) in [6, 6.07) is 3.45. The largest absolute Gasteiger partial charge is 0.504 e. The Bertz CT molecular complexity index is 428. The summed E-state index contributed by atoms with van der Waals surface area (Å²) < 4.78 is 0. The van der Waals surface area contributed by atoms with E-state index in [2.05, 4.69) is 6.92 Å². The molecule has 1 aliphatic rings. The average molecular weight is 304 g/mol. The Morgan fingerprint density at radius 2 is 2.11 bits per heavy atom. The van der Waals surface area contributed by atoms with Gasteiger partial charge in [-0.3, -0.25) is 0 Å². The van der Waals surface area contributed by atoms with Crippen molar-refractivity contribution >= 4 is 24.2 Å². The number of thioether (sulfide) groups is 1. The maximum absolute atomic E-state index is 10.00. The quantitative estimate of drug-likeness (QED) is 0.746. The second-order valence-corrected chi connectivity index (χ2v) is 6.34. The highest BCUT2D eigenvalue weighted by Gasteiger charge is 2.29. The van der Waals surface area contributed by atoms with Crippen LogP contribution in [0.1, 0.15) is 42.6 Å². The van der Waals surface area contributed by atoms with Crippen molar-refractivity contribution in [1.82, 2.24) is 0 Å². The third kappa shape index (κ3) is 3.50. The molecule has 1 aromatic rings. The number of nitrogens with two attached hydrogens (primary N) is 1. The number of halogens is 1. The van der Waals surface area contributed by atoms with Crippen molar-refractivity contribution in [3.63, 3.8) is 0 Å². The summed E-state index contributed by atoms with van der Waals surface area (Å²) >= 11 is 1.91. The minimum Gasteiger partial charge on any atom is -0.504 e. The number of phenols is 2. The van der Waals surface area contributed by atoms with Crippen molar-refractivity contribution in [2.75, 3.05) is 6.54 Å². The molecule has 1 aromatic carbocycles. The topological polar surface area (TPSA) is 66.5 Å². The first-order chi connectivity index (χ1) is 8.67. The lowest BCUT2D eigenvalue weighted by Gasteiger charge is -2.31. The van der Waals surface area contributed by atoms with Crippen LogP contribution in [0, 0.1) is 0 Å². The van der Waals surface area contributed by atoms with E-state index in [1.54, 1.807) is 6.07 Å². The maximum Gasteiger partial charge on any atom is 0.161 e. The van der Waals surface area contributed by atoms with E-state index in [0.717, 1.165) is 24.0 Å². The van der Waals surface area contributed by atoms with Gasteiger partial charge in [-0.15, -0.1) is 24.2 Å². The molecule has 108 valence electrons. The summed E-state index contributed by atoms with van der Waals surface area (Å²) in [6.07, 6.45) is 4.36. The molecule has 0 aliphatic carbocycles. The van der Waals surface area contributed by atoms with Gasteiger partial charge in [0.15, 0.2) is 11.5 Å². The van der Waals surface area contributed by atoms with Crippen molar-refractivity contribution < 1.29 is 10.2 Å². The predicted molar refractivity (Wildman–Crippen MR) is 83.4 cm³/mol. The first kappa shape index (κ1) is 16.5. The summed E-state index contributed by atoms with van der Waals surface area (Å²) in [6.45, 7) is 2.76. The van der Waals surface area contributed by atoms with Crippen LogP contribution >= 0.6 is 24.2 Å². The molecule has 0 saturated heterocycles. The van der Waals surface area contributed by atoms with Crippen molar-refractivity contribution in [1.29, 1.82) is 0 Å². The molecule has 2 rings (SSSR count). The van der Waals surface area contributed by atoms with Gasteiger partial charge in [-0.05, 0) is 24.5 Å². The van der Waals surface area contributed by atoms with E-state index >= 15 is 0 Å². The van der Waals surface area contributed by atoms with Gasteiger partial charge < -0.3 is 15.9 Å². The molecule has 5 heteroatoms. The molecule has 0 radical (unpaired) electrons. The van der Waals surface area contributed by atoms with Crippen LogP contribution < -0.4 is 5.73 Å². The van der Waals surface area contributed by atoms with Gasteiger partial charge in [-0.2, -0.15) is 0 Å². The fraction of sp³-hybridized carbons (Fsp3) is 0.571. The van der Waals surface area contributed by atoms with Crippen LogP contribution in [0.25, 0.3) is 0 Å². The van der Waals surface area contributed by atoms with E-state index in [9.17, 15) is 10.2 Å². The second-order valence-electron chi connectivity index (χ2n) is 4.83. The molecular formula is C14H22ClNO2S. The zero-order valence-electron chi connectivity index (χ0n) is 11.1. The number of phenolic OH excluding ortho intramolecular Hbond substituents is 2. The molecule has 3 nitrogen and oxygen atoms in total. The van der Waals surface area contributed by atoms with Crippen LogP contribution in [0.15, 0.2) is 12.1 Å². The van der Waals surface area contributed by atoms with Gasteiger partial charge in [0.1, 0.15) is 0 Å². The molecule has 4 N–H and O–H groups in total. The summed E-state index contributed by atoms with van der Waals surface area (Å²) in [7, 11) is 0. The van der Waals surface area contributed by atoms with E-state index in [1.807, 2.05) is 17.8 Å². The van der Waals surface area contributed by atoms with Crippen molar-refractivity contribution in [3.8, 4) is 11.5 Å². The van der Waals surface area contributed by atoms with E-state index in [4.69, 9.17) is 5.73 Å². The summed E-state index contributed by atoms with van der Waals surface area (Å²) in [4.78, 5) is 0. The second kappa shape index (κ2) is 7.27. The van der Waals surface area contributed by atoms with Crippen molar-refractivity contribution in [3.05, 3.63) is 23.3 Å². The molecule has 1 heterocycles. The molecule has 0 bridgehead atoms. The highest BCUT2D eigenvalue weighted by molar-refractivity contribution is 8.00.